The molecule has 0 radical (unpaired) electrons. The number of methoxy groups -OCH3 is 1. The van der Waals surface area contributed by atoms with Gasteiger partial charge in [-0.2, -0.15) is 0 Å². The molecule has 4 rings (SSSR count). The van der Waals surface area contributed by atoms with Crippen molar-refractivity contribution in [1.82, 2.24) is 9.47 Å². The van der Waals surface area contributed by atoms with Crippen LogP contribution in [0.1, 0.15) is 35.3 Å². The van der Waals surface area contributed by atoms with E-state index in [0.29, 0.717) is 32.0 Å². The Morgan fingerprint density at radius 2 is 1.69 bits per heavy atom. The predicted molar refractivity (Wildman–Crippen MR) is 113 cm³/mol. The summed E-state index contributed by atoms with van der Waals surface area (Å²) in [6.45, 7) is 2.01. The molecular formula is C24H26N2O3. The van der Waals surface area contributed by atoms with E-state index in [0.717, 1.165) is 29.4 Å². The van der Waals surface area contributed by atoms with Crippen molar-refractivity contribution in [1.29, 1.82) is 0 Å². The number of hydrogen-bond acceptors (Lipinski definition) is 3. The first-order valence-electron chi connectivity index (χ1n) is 10.1. The molecule has 2 heterocycles. The van der Waals surface area contributed by atoms with E-state index in [-0.39, 0.29) is 11.9 Å². The maximum absolute atomic E-state index is 13.4. The van der Waals surface area contributed by atoms with Crippen LogP contribution in [0.15, 0.2) is 60.7 Å². The highest BCUT2D eigenvalue weighted by Gasteiger charge is 2.27. The number of esters is 1. The van der Waals surface area contributed by atoms with Crippen molar-refractivity contribution in [2.45, 2.75) is 25.8 Å². The Kier molecular flexibility index (Phi) is 5.65. The Morgan fingerprint density at radius 1 is 1.00 bits per heavy atom. The second-order valence-electron chi connectivity index (χ2n) is 7.68. The Bertz CT molecular complexity index is 1000. The molecule has 0 atom stereocenters. The lowest BCUT2D eigenvalue weighted by atomic mass is 9.93. The van der Waals surface area contributed by atoms with E-state index < -0.39 is 0 Å². The summed E-state index contributed by atoms with van der Waals surface area (Å²) in [7, 11) is 1.42. The highest BCUT2D eigenvalue weighted by molar-refractivity contribution is 5.99. The molecule has 1 aliphatic heterocycles. The number of carbonyl (C=O) groups is 2. The van der Waals surface area contributed by atoms with Gasteiger partial charge < -0.3 is 14.2 Å². The Morgan fingerprint density at radius 3 is 2.41 bits per heavy atom. The van der Waals surface area contributed by atoms with Gasteiger partial charge in [-0.25, -0.2) is 0 Å². The highest BCUT2D eigenvalue weighted by Crippen LogP contribution is 2.26. The number of aromatic nitrogens is 1. The minimum absolute atomic E-state index is 0.0636. The maximum Gasteiger partial charge on any atom is 0.305 e. The van der Waals surface area contributed by atoms with Crippen LogP contribution >= 0.6 is 0 Å². The summed E-state index contributed by atoms with van der Waals surface area (Å²) in [6.07, 6.45) is 2.10. The summed E-state index contributed by atoms with van der Waals surface area (Å²) in [4.78, 5) is 26.8. The Balaban J connectivity index is 1.56. The zero-order valence-electron chi connectivity index (χ0n) is 16.7. The standard InChI is InChI=1S/C24H26N2O3/c1-29-23(27)15-18-11-13-25(14-12-18)24(28)22-16-20-9-5-6-10-21(20)26(22)17-19-7-3-2-4-8-19/h2-10,16,18H,11-15,17H2,1H3. The number of ether oxygens (including phenoxy) is 1. The van der Waals surface area contributed by atoms with Crippen molar-refractivity contribution in [2.24, 2.45) is 5.92 Å². The first-order chi connectivity index (χ1) is 14.2. The molecule has 0 unspecified atom stereocenters. The van der Waals surface area contributed by atoms with Crippen LogP contribution in [0.3, 0.4) is 0 Å². The van der Waals surface area contributed by atoms with Crippen LogP contribution in [0.2, 0.25) is 0 Å². The molecule has 0 N–H and O–H groups in total. The zero-order chi connectivity index (χ0) is 20.2. The van der Waals surface area contributed by atoms with Gasteiger partial charge in [0.1, 0.15) is 5.69 Å². The topological polar surface area (TPSA) is 51.5 Å². The quantitative estimate of drug-likeness (QED) is 0.616. The molecule has 3 aromatic rings. The number of nitrogens with zero attached hydrogens (tertiary/aromatic N) is 2. The average Bonchev–Trinajstić information content (AvgIpc) is 3.13. The van der Waals surface area contributed by atoms with Crippen molar-refractivity contribution in [3.63, 3.8) is 0 Å². The number of amides is 1. The summed E-state index contributed by atoms with van der Waals surface area (Å²) in [5.41, 5.74) is 2.96. The van der Waals surface area contributed by atoms with Crippen LogP contribution in [0, 0.1) is 5.92 Å². The van der Waals surface area contributed by atoms with Gasteiger partial charge in [-0.3, -0.25) is 9.59 Å². The number of likely N-dealkylation sites (tertiary alicyclic amines) is 1. The van der Waals surface area contributed by atoms with Gasteiger partial charge in [-0.15, -0.1) is 0 Å². The van der Waals surface area contributed by atoms with Gasteiger partial charge in [0.2, 0.25) is 0 Å². The van der Waals surface area contributed by atoms with Crippen LogP contribution in [0.4, 0.5) is 0 Å². The predicted octanol–water partition coefficient (Wildman–Crippen LogP) is 4.10. The summed E-state index contributed by atoms with van der Waals surface area (Å²) in [5, 5.41) is 1.08. The molecule has 1 aliphatic rings. The molecule has 5 heteroatoms. The third-order valence-electron chi connectivity index (χ3n) is 5.80. The van der Waals surface area contributed by atoms with E-state index in [1.807, 2.05) is 41.3 Å². The van der Waals surface area contributed by atoms with E-state index in [2.05, 4.69) is 28.8 Å². The largest absolute Gasteiger partial charge is 0.469 e. The number of carbonyl (C=O) groups excluding carboxylic acids is 2. The molecule has 1 aromatic heterocycles. The molecule has 5 nitrogen and oxygen atoms in total. The molecule has 2 aromatic carbocycles. The van der Waals surface area contributed by atoms with Crippen LogP contribution in [-0.2, 0) is 16.1 Å². The second kappa shape index (κ2) is 8.52. The molecular weight excluding hydrogens is 364 g/mol. The first-order valence-corrected chi connectivity index (χ1v) is 10.1. The molecule has 1 saturated heterocycles. The molecule has 1 amide bonds. The lowest BCUT2D eigenvalue weighted by molar-refractivity contribution is -0.142. The van der Waals surface area contributed by atoms with E-state index >= 15 is 0 Å². The van der Waals surface area contributed by atoms with Gasteiger partial charge in [-0.1, -0.05) is 48.5 Å². The van der Waals surface area contributed by atoms with Crippen molar-refractivity contribution in [3.05, 3.63) is 71.9 Å². The van der Waals surface area contributed by atoms with Crippen LogP contribution in [0.25, 0.3) is 10.9 Å². The summed E-state index contributed by atoms with van der Waals surface area (Å²) >= 11 is 0. The number of benzene rings is 2. The normalized spacial score (nSPS) is 14.9. The third-order valence-corrected chi connectivity index (χ3v) is 5.80. The van der Waals surface area contributed by atoms with Crippen LogP contribution in [0.5, 0.6) is 0 Å². The van der Waals surface area contributed by atoms with Gasteiger partial charge in [0, 0.05) is 37.0 Å². The van der Waals surface area contributed by atoms with Crippen molar-refractivity contribution in [3.8, 4) is 0 Å². The Hall–Kier alpha value is -3.08. The SMILES string of the molecule is COC(=O)CC1CCN(C(=O)c2cc3ccccc3n2Cc2ccccc2)CC1. The van der Waals surface area contributed by atoms with Crippen molar-refractivity contribution in [2.75, 3.05) is 20.2 Å². The monoisotopic (exact) mass is 390 g/mol. The van der Waals surface area contributed by atoms with Gasteiger partial charge in [-0.05, 0) is 36.5 Å². The fourth-order valence-electron chi connectivity index (χ4n) is 4.15. The number of hydrogen-bond donors (Lipinski definition) is 0. The minimum atomic E-state index is -0.169. The Labute approximate surface area is 170 Å². The zero-order valence-corrected chi connectivity index (χ0v) is 16.7. The van der Waals surface area contributed by atoms with Crippen LogP contribution in [-0.4, -0.2) is 41.5 Å². The molecule has 0 bridgehead atoms. The van der Waals surface area contributed by atoms with E-state index in [4.69, 9.17) is 4.74 Å². The minimum Gasteiger partial charge on any atom is -0.469 e. The van der Waals surface area contributed by atoms with Gasteiger partial charge in [0.05, 0.1) is 7.11 Å². The van der Waals surface area contributed by atoms with Crippen molar-refractivity contribution >= 4 is 22.8 Å². The van der Waals surface area contributed by atoms with Gasteiger partial charge in [0.25, 0.3) is 5.91 Å². The lowest BCUT2D eigenvalue weighted by Crippen LogP contribution is -2.39. The number of para-hydroxylation sites is 1. The molecule has 0 aliphatic carbocycles. The second-order valence-corrected chi connectivity index (χ2v) is 7.68. The number of rotatable bonds is 5. The molecule has 0 saturated carbocycles. The third kappa shape index (κ3) is 4.19. The summed E-state index contributed by atoms with van der Waals surface area (Å²) in [5.74, 6) is 0.188. The fraction of sp³-hybridized carbons (Fsp3) is 0.333. The lowest BCUT2D eigenvalue weighted by Gasteiger charge is -2.31. The van der Waals surface area contributed by atoms with E-state index in [1.165, 1.54) is 12.7 Å². The highest BCUT2D eigenvalue weighted by atomic mass is 16.5. The fourth-order valence-corrected chi connectivity index (χ4v) is 4.15. The summed E-state index contributed by atoms with van der Waals surface area (Å²) < 4.78 is 6.90. The average molecular weight is 390 g/mol. The molecule has 1 fully saturated rings. The van der Waals surface area contributed by atoms with Crippen molar-refractivity contribution < 1.29 is 14.3 Å². The van der Waals surface area contributed by atoms with E-state index in [1.54, 1.807) is 0 Å². The number of fused-ring (bicyclic) bond motifs is 1. The van der Waals surface area contributed by atoms with Gasteiger partial charge >= 0.3 is 5.97 Å². The molecule has 0 spiro atoms. The molecule has 29 heavy (non-hydrogen) atoms. The maximum atomic E-state index is 13.4. The van der Waals surface area contributed by atoms with Gasteiger partial charge in [0.15, 0.2) is 0 Å². The smallest absolute Gasteiger partial charge is 0.305 e. The molecule has 150 valence electrons. The number of piperidine rings is 1. The van der Waals surface area contributed by atoms with Crippen LogP contribution < -0.4 is 0 Å². The van der Waals surface area contributed by atoms with E-state index in [9.17, 15) is 9.59 Å². The first kappa shape index (κ1) is 19.2. The summed E-state index contributed by atoms with van der Waals surface area (Å²) in [6, 6.07) is 20.3.